The minimum Gasteiger partial charge on any atom is -0.262 e. The van der Waals surface area contributed by atoms with Crippen molar-refractivity contribution in [2.75, 3.05) is 0 Å². The lowest BCUT2D eigenvalue weighted by molar-refractivity contribution is -0.384. The summed E-state index contributed by atoms with van der Waals surface area (Å²) in [7, 11) is 0. The Labute approximate surface area is 108 Å². The second-order valence-electron chi connectivity index (χ2n) is 4.65. The molecule has 1 heterocycles. The molecule has 2 aromatic rings. The molecule has 1 fully saturated rings. The van der Waals surface area contributed by atoms with Gasteiger partial charge >= 0.3 is 0 Å². The molecule has 1 saturated carbocycles. The van der Waals surface area contributed by atoms with Crippen LogP contribution in [0.2, 0.25) is 5.02 Å². The van der Waals surface area contributed by atoms with Crippen molar-refractivity contribution in [3.8, 4) is 0 Å². The first kappa shape index (κ1) is 11.5. The van der Waals surface area contributed by atoms with Crippen molar-refractivity contribution in [1.29, 1.82) is 0 Å². The minimum atomic E-state index is -0.464. The third-order valence-electron chi connectivity index (χ3n) is 3.53. The number of nitrogens with zero attached hydrogens (tertiary/aromatic N) is 3. The summed E-state index contributed by atoms with van der Waals surface area (Å²) in [6.45, 7) is 0. The van der Waals surface area contributed by atoms with Gasteiger partial charge in [0.05, 0.1) is 22.7 Å². The second kappa shape index (κ2) is 4.24. The van der Waals surface area contributed by atoms with Crippen LogP contribution < -0.4 is 0 Å². The van der Waals surface area contributed by atoms with Gasteiger partial charge in [0.1, 0.15) is 5.02 Å². The summed E-state index contributed by atoms with van der Waals surface area (Å²) in [5, 5.41) is 16.1. The number of hydrogen-bond acceptors (Lipinski definition) is 3. The molecule has 0 aliphatic heterocycles. The Bertz CT molecular complexity index is 617. The van der Waals surface area contributed by atoms with Gasteiger partial charge in [-0.05, 0) is 18.9 Å². The number of hydrogen-bond donors (Lipinski definition) is 0. The predicted octanol–water partition coefficient (Wildman–Crippen LogP) is 3.71. The molecule has 0 radical (unpaired) electrons. The number of halogens is 1. The Hall–Kier alpha value is -1.62. The smallest absolute Gasteiger partial charge is 0.262 e. The summed E-state index contributed by atoms with van der Waals surface area (Å²) in [5.41, 5.74) is 0.827. The molecule has 1 aliphatic carbocycles. The fraction of sp³-hybridized carbons (Fsp3) is 0.417. The molecule has 94 valence electrons. The van der Waals surface area contributed by atoms with Crippen molar-refractivity contribution >= 4 is 28.2 Å². The van der Waals surface area contributed by atoms with Crippen LogP contribution in [-0.2, 0) is 0 Å². The Balaban J connectivity index is 2.14. The van der Waals surface area contributed by atoms with E-state index in [2.05, 4.69) is 5.10 Å². The van der Waals surface area contributed by atoms with Crippen LogP contribution in [0.1, 0.15) is 31.7 Å². The highest BCUT2D eigenvalue weighted by molar-refractivity contribution is 6.33. The number of nitro groups is 1. The molecular weight excluding hydrogens is 254 g/mol. The molecule has 0 saturated heterocycles. The van der Waals surface area contributed by atoms with E-state index in [1.807, 2.05) is 4.68 Å². The van der Waals surface area contributed by atoms with E-state index in [4.69, 9.17) is 11.6 Å². The molecule has 1 aliphatic rings. The Morgan fingerprint density at radius 2 is 2.11 bits per heavy atom. The summed E-state index contributed by atoms with van der Waals surface area (Å²) < 4.78 is 1.96. The molecule has 0 amide bonds. The molecule has 0 spiro atoms. The van der Waals surface area contributed by atoms with Gasteiger partial charge < -0.3 is 0 Å². The molecule has 1 aromatic heterocycles. The molecule has 5 nitrogen and oxygen atoms in total. The zero-order chi connectivity index (χ0) is 12.7. The lowest BCUT2D eigenvalue weighted by atomic mass is 10.2. The van der Waals surface area contributed by atoms with E-state index < -0.39 is 4.92 Å². The predicted molar refractivity (Wildman–Crippen MR) is 68.9 cm³/mol. The standard InChI is InChI=1S/C12H12ClN3O2/c13-10-6-11-8(5-12(10)16(17)18)7-14-15(11)9-3-1-2-4-9/h5-7,9H,1-4H2. The van der Waals surface area contributed by atoms with Gasteiger partial charge in [0.2, 0.25) is 0 Å². The molecule has 0 bridgehead atoms. The van der Waals surface area contributed by atoms with Crippen molar-refractivity contribution in [3.05, 3.63) is 33.5 Å². The molecule has 3 rings (SSSR count). The van der Waals surface area contributed by atoms with Gasteiger partial charge in [-0.1, -0.05) is 24.4 Å². The van der Waals surface area contributed by atoms with E-state index in [9.17, 15) is 10.1 Å². The SMILES string of the molecule is O=[N+]([O-])c1cc2cnn(C3CCCC3)c2cc1Cl. The van der Waals surface area contributed by atoms with Crippen LogP contribution in [0.5, 0.6) is 0 Å². The number of nitro benzene ring substituents is 1. The van der Waals surface area contributed by atoms with Gasteiger partial charge in [0.15, 0.2) is 0 Å². The van der Waals surface area contributed by atoms with E-state index in [1.165, 1.54) is 18.9 Å². The van der Waals surface area contributed by atoms with Gasteiger partial charge in [0, 0.05) is 11.5 Å². The first-order valence-electron chi connectivity index (χ1n) is 5.98. The zero-order valence-electron chi connectivity index (χ0n) is 9.67. The topological polar surface area (TPSA) is 61.0 Å². The maximum atomic E-state index is 10.8. The van der Waals surface area contributed by atoms with Gasteiger partial charge in [-0.25, -0.2) is 0 Å². The van der Waals surface area contributed by atoms with Crippen LogP contribution in [0.25, 0.3) is 10.9 Å². The summed E-state index contributed by atoms with van der Waals surface area (Å²) in [4.78, 5) is 10.4. The van der Waals surface area contributed by atoms with E-state index >= 15 is 0 Å². The molecule has 1 aromatic carbocycles. The highest BCUT2D eigenvalue weighted by atomic mass is 35.5. The summed E-state index contributed by atoms with van der Waals surface area (Å²) in [6, 6.07) is 3.55. The highest BCUT2D eigenvalue weighted by Crippen LogP contribution is 2.35. The summed E-state index contributed by atoms with van der Waals surface area (Å²) >= 11 is 5.95. The van der Waals surface area contributed by atoms with Crippen molar-refractivity contribution < 1.29 is 4.92 Å². The summed E-state index contributed by atoms with van der Waals surface area (Å²) in [6.07, 6.45) is 6.34. The molecule has 0 unspecified atom stereocenters. The fourth-order valence-electron chi connectivity index (χ4n) is 2.64. The van der Waals surface area contributed by atoms with Crippen LogP contribution in [0.3, 0.4) is 0 Å². The van der Waals surface area contributed by atoms with E-state index in [0.29, 0.717) is 6.04 Å². The van der Waals surface area contributed by atoms with Crippen LogP contribution in [-0.4, -0.2) is 14.7 Å². The Morgan fingerprint density at radius 3 is 2.78 bits per heavy atom. The van der Waals surface area contributed by atoms with Crippen LogP contribution in [0.4, 0.5) is 5.69 Å². The second-order valence-corrected chi connectivity index (χ2v) is 5.05. The quantitative estimate of drug-likeness (QED) is 0.614. The van der Waals surface area contributed by atoms with Gasteiger partial charge in [-0.15, -0.1) is 0 Å². The Morgan fingerprint density at radius 1 is 1.39 bits per heavy atom. The molecule has 6 heteroatoms. The van der Waals surface area contributed by atoms with Gasteiger partial charge in [-0.3, -0.25) is 14.8 Å². The molecule has 18 heavy (non-hydrogen) atoms. The number of fused-ring (bicyclic) bond motifs is 1. The third-order valence-corrected chi connectivity index (χ3v) is 3.83. The lowest BCUT2D eigenvalue weighted by Crippen LogP contribution is -2.05. The van der Waals surface area contributed by atoms with Crippen molar-refractivity contribution in [1.82, 2.24) is 9.78 Å². The molecule has 0 N–H and O–H groups in total. The van der Waals surface area contributed by atoms with E-state index in [0.717, 1.165) is 23.7 Å². The zero-order valence-corrected chi connectivity index (χ0v) is 10.4. The van der Waals surface area contributed by atoms with Crippen LogP contribution in [0.15, 0.2) is 18.3 Å². The number of aromatic nitrogens is 2. The lowest BCUT2D eigenvalue weighted by Gasteiger charge is -2.11. The van der Waals surface area contributed by atoms with Crippen LogP contribution in [0, 0.1) is 10.1 Å². The molecule has 0 atom stereocenters. The number of rotatable bonds is 2. The van der Waals surface area contributed by atoms with Crippen molar-refractivity contribution in [2.45, 2.75) is 31.7 Å². The molecular formula is C12H12ClN3O2. The van der Waals surface area contributed by atoms with Crippen molar-refractivity contribution in [3.63, 3.8) is 0 Å². The van der Waals surface area contributed by atoms with Gasteiger partial charge in [0.25, 0.3) is 5.69 Å². The van der Waals surface area contributed by atoms with Crippen LogP contribution >= 0.6 is 11.6 Å². The minimum absolute atomic E-state index is 0.0601. The van der Waals surface area contributed by atoms with Gasteiger partial charge in [-0.2, -0.15) is 5.10 Å². The maximum absolute atomic E-state index is 10.8. The largest absolute Gasteiger partial charge is 0.288 e. The maximum Gasteiger partial charge on any atom is 0.288 e. The van der Waals surface area contributed by atoms with E-state index in [-0.39, 0.29) is 10.7 Å². The normalized spacial score (nSPS) is 16.5. The van der Waals surface area contributed by atoms with E-state index in [1.54, 1.807) is 12.3 Å². The monoisotopic (exact) mass is 265 g/mol. The first-order chi connectivity index (χ1) is 8.66. The fourth-order valence-corrected chi connectivity index (χ4v) is 2.86. The third kappa shape index (κ3) is 1.75. The summed E-state index contributed by atoms with van der Waals surface area (Å²) in [5.74, 6) is 0. The van der Waals surface area contributed by atoms with Crippen molar-refractivity contribution in [2.24, 2.45) is 0 Å². The average Bonchev–Trinajstić information content (AvgIpc) is 2.94. The number of benzene rings is 1. The first-order valence-corrected chi connectivity index (χ1v) is 6.36. The average molecular weight is 266 g/mol. The Kier molecular flexibility index (Phi) is 2.70. The highest BCUT2D eigenvalue weighted by Gasteiger charge is 2.21.